The highest BCUT2D eigenvalue weighted by molar-refractivity contribution is 5.92. The smallest absolute Gasteiger partial charge is 0.246 e. The van der Waals surface area contributed by atoms with Crippen LogP contribution in [0.4, 0.5) is 17.5 Å². The second kappa shape index (κ2) is 14.6. The molecule has 3 aromatic rings. The minimum atomic E-state index is -0.569. The number of rotatable bonds is 12. The molecule has 0 radical (unpaired) electrons. The van der Waals surface area contributed by atoms with E-state index in [0.717, 1.165) is 16.6 Å². The SMILES string of the molecule is CCNc1nc(Nc2ccc3c(cnn3C)c2)ncc1C#CCCCNC(=O)[C@H](C)N(C)C(=O)/C=C/CN(C)C. The lowest BCUT2D eigenvalue weighted by Gasteiger charge is -2.23. The zero-order chi connectivity index (χ0) is 29.1. The molecule has 1 atom stereocenters. The standard InChI is InChI=1S/C29H39N9O2/c1-7-30-27-22(19-32-29(35-27)34-24-14-15-25-23(18-24)20-33-38(25)6)12-9-8-10-16-31-28(40)21(2)37(5)26(39)13-11-17-36(3)4/h11,13-15,18-21H,7-8,10,16-17H2,1-6H3,(H,31,40)(H2,30,32,34,35)/b13-11+/t21-/m0/s1. The number of carbonyl (C=O) groups is 2. The lowest BCUT2D eigenvalue weighted by Crippen LogP contribution is -2.45. The third-order valence-corrected chi connectivity index (χ3v) is 6.18. The van der Waals surface area contributed by atoms with Gasteiger partial charge in [0.25, 0.3) is 0 Å². The number of benzene rings is 1. The molecule has 0 aliphatic heterocycles. The summed E-state index contributed by atoms with van der Waals surface area (Å²) in [5.74, 6) is 7.00. The van der Waals surface area contributed by atoms with Crippen molar-refractivity contribution in [3.05, 3.63) is 48.3 Å². The Bertz CT molecular complexity index is 1400. The molecule has 0 fully saturated rings. The van der Waals surface area contributed by atoms with Gasteiger partial charge in [-0.3, -0.25) is 14.3 Å². The highest BCUT2D eigenvalue weighted by atomic mass is 16.2. The fourth-order valence-electron chi connectivity index (χ4n) is 3.75. The normalized spacial score (nSPS) is 11.8. The van der Waals surface area contributed by atoms with Crippen LogP contribution in [-0.2, 0) is 16.6 Å². The molecule has 1 aromatic carbocycles. The summed E-state index contributed by atoms with van der Waals surface area (Å²) in [7, 11) is 7.39. The number of fused-ring (bicyclic) bond motifs is 1. The third-order valence-electron chi connectivity index (χ3n) is 6.18. The minimum Gasteiger partial charge on any atom is -0.369 e. The lowest BCUT2D eigenvalue weighted by atomic mass is 10.2. The molecular weight excluding hydrogens is 506 g/mol. The van der Waals surface area contributed by atoms with Crippen molar-refractivity contribution >= 4 is 40.2 Å². The number of unbranched alkanes of at least 4 members (excludes halogenated alkanes) is 1. The van der Waals surface area contributed by atoms with Gasteiger partial charge in [-0.05, 0) is 52.6 Å². The number of likely N-dealkylation sites (N-methyl/N-ethyl adjacent to an activating group) is 2. The van der Waals surface area contributed by atoms with Gasteiger partial charge in [0.1, 0.15) is 11.9 Å². The third kappa shape index (κ3) is 8.54. The molecule has 0 aliphatic carbocycles. The molecule has 0 unspecified atom stereocenters. The molecule has 0 spiro atoms. The Balaban J connectivity index is 1.50. The molecule has 212 valence electrons. The predicted octanol–water partition coefficient (Wildman–Crippen LogP) is 2.75. The Morgan fingerprint density at radius 2 is 2.00 bits per heavy atom. The summed E-state index contributed by atoms with van der Waals surface area (Å²) < 4.78 is 1.83. The van der Waals surface area contributed by atoms with E-state index in [2.05, 4.69) is 42.9 Å². The Morgan fingerprint density at radius 3 is 2.75 bits per heavy atom. The van der Waals surface area contributed by atoms with Crippen LogP contribution >= 0.6 is 0 Å². The first-order valence-corrected chi connectivity index (χ1v) is 13.3. The fourth-order valence-corrected chi connectivity index (χ4v) is 3.75. The van der Waals surface area contributed by atoms with Crippen molar-refractivity contribution in [2.45, 2.75) is 32.7 Å². The van der Waals surface area contributed by atoms with Gasteiger partial charge >= 0.3 is 0 Å². The van der Waals surface area contributed by atoms with Crippen molar-refractivity contribution in [1.82, 2.24) is 34.9 Å². The second-order valence-corrected chi connectivity index (χ2v) is 9.64. The molecular formula is C29H39N9O2. The first-order chi connectivity index (χ1) is 19.2. The van der Waals surface area contributed by atoms with Crippen molar-refractivity contribution in [2.24, 2.45) is 7.05 Å². The molecule has 40 heavy (non-hydrogen) atoms. The quantitative estimate of drug-likeness (QED) is 0.181. The largest absolute Gasteiger partial charge is 0.369 e. The zero-order valence-corrected chi connectivity index (χ0v) is 24.2. The Labute approximate surface area is 236 Å². The molecule has 0 aliphatic rings. The minimum absolute atomic E-state index is 0.196. The highest BCUT2D eigenvalue weighted by Crippen LogP contribution is 2.21. The van der Waals surface area contributed by atoms with E-state index in [1.54, 1.807) is 26.2 Å². The molecule has 3 N–H and O–H groups in total. The van der Waals surface area contributed by atoms with Gasteiger partial charge in [0.15, 0.2) is 0 Å². The summed E-state index contributed by atoms with van der Waals surface area (Å²) in [4.78, 5) is 37.1. The Morgan fingerprint density at radius 1 is 1.20 bits per heavy atom. The average molecular weight is 546 g/mol. The molecule has 0 bridgehead atoms. The maximum atomic E-state index is 12.5. The van der Waals surface area contributed by atoms with Crippen molar-refractivity contribution in [3.8, 4) is 11.8 Å². The first-order valence-electron chi connectivity index (χ1n) is 13.3. The van der Waals surface area contributed by atoms with Crippen LogP contribution in [0.1, 0.15) is 32.3 Å². The van der Waals surface area contributed by atoms with Crippen LogP contribution in [0.2, 0.25) is 0 Å². The predicted molar refractivity (Wildman–Crippen MR) is 159 cm³/mol. The van der Waals surface area contributed by atoms with Gasteiger partial charge in [-0.2, -0.15) is 10.1 Å². The van der Waals surface area contributed by atoms with Crippen molar-refractivity contribution in [3.63, 3.8) is 0 Å². The van der Waals surface area contributed by atoms with E-state index < -0.39 is 6.04 Å². The summed E-state index contributed by atoms with van der Waals surface area (Å²) >= 11 is 0. The van der Waals surface area contributed by atoms with Gasteiger partial charge in [0.05, 0.1) is 23.5 Å². The summed E-state index contributed by atoms with van der Waals surface area (Å²) in [6.45, 7) is 5.53. The maximum absolute atomic E-state index is 12.5. The van der Waals surface area contributed by atoms with E-state index in [1.165, 1.54) is 11.0 Å². The van der Waals surface area contributed by atoms with Gasteiger partial charge < -0.3 is 25.8 Å². The number of nitrogens with one attached hydrogen (secondary N) is 3. The van der Waals surface area contributed by atoms with Gasteiger partial charge in [-0.25, -0.2) is 4.98 Å². The number of nitrogens with zero attached hydrogens (tertiary/aromatic N) is 6. The number of hydrogen-bond acceptors (Lipinski definition) is 8. The van der Waals surface area contributed by atoms with Gasteiger partial charge in [0, 0.05) is 57.3 Å². The van der Waals surface area contributed by atoms with E-state index >= 15 is 0 Å². The summed E-state index contributed by atoms with van der Waals surface area (Å²) in [5, 5.41) is 14.7. The highest BCUT2D eigenvalue weighted by Gasteiger charge is 2.20. The summed E-state index contributed by atoms with van der Waals surface area (Å²) in [5.41, 5.74) is 2.62. The van der Waals surface area contributed by atoms with Crippen LogP contribution in [0.25, 0.3) is 10.9 Å². The number of hydrogen-bond donors (Lipinski definition) is 3. The fraction of sp³-hybridized carbons (Fsp3) is 0.414. The summed E-state index contributed by atoms with van der Waals surface area (Å²) in [6.07, 6.45) is 8.07. The number of amides is 2. The van der Waals surface area contributed by atoms with Crippen LogP contribution in [-0.4, -0.2) is 88.2 Å². The first kappa shape index (κ1) is 30.1. The van der Waals surface area contributed by atoms with Crippen molar-refractivity contribution < 1.29 is 9.59 Å². The van der Waals surface area contributed by atoms with Crippen LogP contribution < -0.4 is 16.0 Å². The lowest BCUT2D eigenvalue weighted by molar-refractivity contribution is -0.135. The van der Waals surface area contributed by atoms with Gasteiger partial charge in [-0.15, -0.1) is 0 Å². The molecule has 2 heterocycles. The molecule has 2 aromatic heterocycles. The molecule has 0 saturated carbocycles. The Hall–Kier alpha value is -4.43. The van der Waals surface area contributed by atoms with Gasteiger partial charge in [0.2, 0.25) is 17.8 Å². The molecule has 11 nitrogen and oxygen atoms in total. The monoisotopic (exact) mass is 545 g/mol. The molecule has 2 amide bonds. The topological polar surface area (TPSA) is 120 Å². The molecule has 0 saturated heterocycles. The second-order valence-electron chi connectivity index (χ2n) is 9.64. The average Bonchev–Trinajstić information content (AvgIpc) is 3.30. The zero-order valence-electron chi connectivity index (χ0n) is 24.2. The van der Waals surface area contributed by atoms with E-state index in [9.17, 15) is 9.59 Å². The molecule has 11 heteroatoms. The van der Waals surface area contributed by atoms with E-state index in [4.69, 9.17) is 0 Å². The summed E-state index contributed by atoms with van der Waals surface area (Å²) in [6, 6.07) is 5.40. The molecule has 3 rings (SSSR count). The van der Waals surface area contributed by atoms with Crippen molar-refractivity contribution in [2.75, 3.05) is 51.4 Å². The number of aromatic nitrogens is 4. The van der Waals surface area contributed by atoms with Crippen LogP contribution in [0, 0.1) is 11.8 Å². The number of anilines is 3. The van der Waals surface area contributed by atoms with Crippen LogP contribution in [0.5, 0.6) is 0 Å². The maximum Gasteiger partial charge on any atom is 0.246 e. The van der Waals surface area contributed by atoms with Crippen molar-refractivity contribution in [1.29, 1.82) is 0 Å². The Kier molecular flexibility index (Phi) is 11.0. The van der Waals surface area contributed by atoms with E-state index in [1.807, 2.05) is 62.0 Å². The van der Waals surface area contributed by atoms with E-state index in [0.29, 0.717) is 49.8 Å². The number of aryl methyl sites for hydroxylation is 1. The van der Waals surface area contributed by atoms with Crippen LogP contribution in [0.3, 0.4) is 0 Å². The van der Waals surface area contributed by atoms with Crippen LogP contribution in [0.15, 0.2) is 42.7 Å². The van der Waals surface area contributed by atoms with E-state index in [-0.39, 0.29) is 11.8 Å². The van der Waals surface area contributed by atoms with Gasteiger partial charge in [-0.1, -0.05) is 17.9 Å². The number of carbonyl (C=O) groups excluding carboxylic acids is 2.